The summed E-state index contributed by atoms with van der Waals surface area (Å²) in [7, 11) is 0. The third kappa shape index (κ3) is 3.50. The van der Waals surface area contributed by atoms with Gasteiger partial charge in [0, 0.05) is 5.69 Å². The van der Waals surface area contributed by atoms with Crippen molar-refractivity contribution in [3.63, 3.8) is 0 Å². The highest BCUT2D eigenvalue weighted by Gasteiger charge is 1.96. The summed E-state index contributed by atoms with van der Waals surface area (Å²) in [4.78, 5) is 0. The Morgan fingerprint density at radius 2 is 1.61 bits per heavy atom. The van der Waals surface area contributed by atoms with Crippen LogP contribution in [0.1, 0.15) is 5.56 Å². The van der Waals surface area contributed by atoms with E-state index in [2.05, 4.69) is 11.4 Å². The monoisotopic (exact) mass is 234 g/mol. The minimum atomic E-state index is 0.574. The van der Waals surface area contributed by atoms with E-state index >= 15 is 0 Å². The maximum Gasteiger partial charge on any atom is 0.117 e. The molecule has 0 saturated heterocycles. The fourth-order valence-electron chi connectivity index (χ4n) is 1.64. The van der Waals surface area contributed by atoms with Gasteiger partial charge < -0.3 is 5.32 Å². The largest absolute Gasteiger partial charge is 0.347 e. The Morgan fingerprint density at radius 3 is 2.22 bits per heavy atom. The van der Waals surface area contributed by atoms with Gasteiger partial charge in [-0.3, -0.25) is 0 Å². The van der Waals surface area contributed by atoms with E-state index in [4.69, 9.17) is 5.26 Å². The van der Waals surface area contributed by atoms with E-state index in [9.17, 15) is 0 Å². The highest BCUT2D eigenvalue weighted by Crippen LogP contribution is 2.09. The minimum absolute atomic E-state index is 0.574. The zero-order valence-electron chi connectivity index (χ0n) is 10.0. The van der Waals surface area contributed by atoms with E-state index in [0.717, 1.165) is 12.1 Å². The number of rotatable bonds is 4. The maximum atomic E-state index is 9.08. The van der Waals surface area contributed by atoms with Gasteiger partial charge in [-0.2, -0.15) is 5.26 Å². The molecule has 0 unspecified atom stereocenters. The van der Waals surface area contributed by atoms with E-state index in [1.165, 1.54) is 5.56 Å². The Hall–Kier alpha value is -2.53. The van der Waals surface area contributed by atoms with Crippen molar-refractivity contribution >= 4 is 5.69 Å². The van der Waals surface area contributed by atoms with Gasteiger partial charge in [0.2, 0.25) is 0 Å². The molecule has 2 rings (SSSR count). The van der Waals surface area contributed by atoms with Gasteiger partial charge in [-0.05, 0) is 30.2 Å². The number of hydrogen-bond acceptors (Lipinski definition) is 2. The smallest absolute Gasteiger partial charge is 0.117 e. The average molecular weight is 234 g/mol. The Bertz CT molecular complexity index is 551. The van der Waals surface area contributed by atoms with Crippen LogP contribution in [-0.2, 0) is 6.42 Å². The summed E-state index contributed by atoms with van der Waals surface area (Å²) in [5, 5.41) is 12.2. The van der Waals surface area contributed by atoms with Crippen molar-refractivity contribution in [1.29, 1.82) is 5.26 Å². The fraction of sp³-hybridized carbons (Fsp3) is 0.0625. The second-order valence-electron chi connectivity index (χ2n) is 3.91. The van der Waals surface area contributed by atoms with Crippen LogP contribution in [0.25, 0.3) is 0 Å². The molecule has 0 atom stereocenters. The van der Waals surface area contributed by atoms with Crippen LogP contribution < -0.4 is 5.32 Å². The fourth-order valence-corrected chi connectivity index (χ4v) is 1.64. The summed E-state index contributed by atoms with van der Waals surface area (Å²) >= 11 is 0. The zero-order valence-corrected chi connectivity index (χ0v) is 10.0. The first kappa shape index (κ1) is 11.9. The summed E-state index contributed by atoms with van der Waals surface area (Å²) in [6.07, 6.45) is 2.66. The van der Waals surface area contributed by atoms with Crippen LogP contribution in [0.2, 0.25) is 0 Å². The van der Waals surface area contributed by atoms with Crippen LogP contribution in [0.15, 0.2) is 72.4 Å². The Kier molecular flexibility index (Phi) is 4.16. The molecule has 0 aliphatic carbocycles. The second-order valence-corrected chi connectivity index (χ2v) is 3.91. The average Bonchev–Trinajstić information content (AvgIpc) is 2.45. The molecule has 0 aliphatic heterocycles. The standard InChI is InChI=1S/C16H14N2/c17-13-16(18-15-9-5-2-6-10-15)12-11-14-7-3-1-4-8-14/h1-10,12,18H,11H2. The normalized spacial score (nSPS) is 10.7. The molecular formula is C16H14N2. The van der Waals surface area contributed by atoms with Crippen LogP contribution in [0, 0.1) is 11.3 Å². The van der Waals surface area contributed by atoms with Crippen molar-refractivity contribution < 1.29 is 0 Å². The molecule has 2 aromatic rings. The van der Waals surface area contributed by atoms with Gasteiger partial charge in [0.25, 0.3) is 0 Å². The summed E-state index contributed by atoms with van der Waals surface area (Å²) in [5.74, 6) is 0. The molecule has 0 aliphatic rings. The second kappa shape index (κ2) is 6.27. The highest BCUT2D eigenvalue weighted by molar-refractivity contribution is 5.51. The van der Waals surface area contributed by atoms with E-state index in [0.29, 0.717) is 5.70 Å². The van der Waals surface area contributed by atoms with Crippen LogP contribution in [-0.4, -0.2) is 0 Å². The van der Waals surface area contributed by atoms with Gasteiger partial charge in [-0.1, -0.05) is 48.5 Å². The van der Waals surface area contributed by atoms with Gasteiger partial charge in [0.1, 0.15) is 11.8 Å². The van der Waals surface area contributed by atoms with Crippen LogP contribution in [0.5, 0.6) is 0 Å². The Balaban J connectivity index is 2.04. The quantitative estimate of drug-likeness (QED) is 0.818. The summed E-state index contributed by atoms with van der Waals surface area (Å²) in [6, 6.07) is 22.0. The molecule has 0 radical (unpaired) electrons. The number of anilines is 1. The molecule has 0 aromatic heterocycles. The number of nitrogens with zero attached hydrogens (tertiary/aromatic N) is 1. The van der Waals surface area contributed by atoms with Crippen LogP contribution >= 0.6 is 0 Å². The summed E-state index contributed by atoms with van der Waals surface area (Å²) in [6.45, 7) is 0. The highest BCUT2D eigenvalue weighted by atomic mass is 14.9. The third-order valence-electron chi connectivity index (χ3n) is 2.56. The first-order valence-corrected chi connectivity index (χ1v) is 5.85. The SMILES string of the molecule is N#CC(=CCc1ccccc1)Nc1ccccc1. The lowest BCUT2D eigenvalue weighted by molar-refractivity contribution is 1.24. The van der Waals surface area contributed by atoms with Crippen molar-refractivity contribution in [2.24, 2.45) is 0 Å². The van der Waals surface area contributed by atoms with Crippen molar-refractivity contribution in [3.05, 3.63) is 78.0 Å². The van der Waals surface area contributed by atoms with E-state index < -0.39 is 0 Å². The van der Waals surface area contributed by atoms with Gasteiger partial charge in [0.15, 0.2) is 0 Å². The van der Waals surface area contributed by atoms with Gasteiger partial charge in [-0.25, -0.2) is 0 Å². The number of benzene rings is 2. The molecule has 2 heteroatoms. The van der Waals surface area contributed by atoms with Gasteiger partial charge >= 0.3 is 0 Å². The van der Waals surface area contributed by atoms with Crippen molar-refractivity contribution in [3.8, 4) is 6.07 Å². The van der Waals surface area contributed by atoms with Gasteiger partial charge in [0.05, 0.1) is 0 Å². The number of hydrogen-bond donors (Lipinski definition) is 1. The third-order valence-corrected chi connectivity index (χ3v) is 2.56. The number of para-hydroxylation sites is 1. The lowest BCUT2D eigenvalue weighted by Gasteiger charge is -2.04. The lowest BCUT2D eigenvalue weighted by Crippen LogP contribution is -1.97. The number of allylic oxidation sites excluding steroid dienone is 2. The minimum Gasteiger partial charge on any atom is -0.347 e. The van der Waals surface area contributed by atoms with Crippen molar-refractivity contribution in [1.82, 2.24) is 0 Å². The molecule has 2 nitrogen and oxygen atoms in total. The van der Waals surface area contributed by atoms with E-state index in [1.54, 1.807) is 0 Å². The lowest BCUT2D eigenvalue weighted by atomic mass is 10.1. The summed E-state index contributed by atoms with van der Waals surface area (Å²) < 4.78 is 0. The molecule has 0 saturated carbocycles. The summed E-state index contributed by atoms with van der Waals surface area (Å²) in [5.41, 5.74) is 2.70. The Morgan fingerprint density at radius 1 is 1.00 bits per heavy atom. The zero-order chi connectivity index (χ0) is 12.6. The van der Waals surface area contributed by atoms with Crippen molar-refractivity contribution in [2.75, 3.05) is 5.32 Å². The van der Waals surface area contributed by atoms with E-state index in [-0.39, 0.29) is 0 Å². The van der Waals surface area contributed by atoms with Gasteiger partial charge in [-0.15, -0.1) is 0 Å². The molecular weight excluding hydrogens is 220 g/mol. The molecule has 0 amide bonds. The molecule has 0 fully saturated rings. The Labute approximate surface area is 107 Å². The van der Waals surface area contributed by atoms with Crippen LogP contribution in [0.4, 0.5) is 5.69 Å². The molecule has 18 heavy (non-hydrogen) atoms. The molecule has 88 valence electrons. The predicted octanol–water partition coefficient (Wildman–Crippen LogP) is 3.75. The first-order valence-electron chi connectivity index (χ1n) is 5.85. The maximum absolute atomic E-state index is 9.08. The topological polar surface area (TPSA) is 35.8 Å². The molecule has 0 spiro atoms. The molecule has 0 heterocycles. The van der Waals surface area contributed by atoms with Crippen molar-refractivity contribution in [2.45, 2.75) is 6.42 Å². The molecule has 2 aromatic carbocycles. The van der Waals surface area contributed by atoms with E-state index in [1.807, 2.05) is 66.7 Å². The predicted molar refractivity (Wildman–Crippen MR) is 73.9 cm³/mol. The number of nitriles is 1. The van der Waals surface area contributed by atoms with Crippen LogP contribution in [0.3, 0.4) is 0 Å². The first-order chi connectivity index (χ1) is 8.88. The number of nitrogens with one attached hydrogen (secondary N) is 1. The molecule has 0 bridgehead atoms. The molecule has 1 N–H and O–H groups in total.